The van der Waals surface area contributed by atoms with Crippen LogP contribution in [0.2, 0.25) is 0 Å². The van der Waals surface area contributed by atoms with Crippen LogP contribution in [-0.2, 0) is 9.53 Å². The van der Waals surface area contributed by atoms with Crippen LogP contribution >= 0.6 is 0 Å². The van der Waals surface area contributed by atoms with Crippen LogP contribution in [0.4, 0.5) is 11.4 Å². The maximum atomic E-state index is 11.9. The van der Waals surface area contributed by atoms with Gasteiger partial charge in [-0.3, -0.25) is 14.9 Å². The minimum atomic E-state index is -0.440. The van der Waals surface area contributed by atoms with Gasteiger partial charge >= 0.3 is 0 Å². The minimum Gasteiger partial charge on any atom is -0.384 e. The predicted octanol–water partition coefficient (Wildman–Crippen LogP) is 1.26. The van der Waals surface area contributed by atoms with E-state index < -0.39 is 4.92 Å². The molecule has 0 saturated carbocycles. The van der Waals surface area contributed by atoms with E-state index in [0.717, 1.165) is 0 Å². The predicted molar refractivity (Wildman–Crippen MR) is 73.6 cm³/mol. The first kappa shape index (κ1) is 14.3. The number of morpholine rings is 1. The molecule has 1 aromatic carbocycles. The van der Waals surface area contributed by atoms with Crippen molar-refractivity contribution < 1.29 is 14.5 Å². The molecule has 0 aliphatic carbocycles. The molecule has 0 bridgehead atoms. The third-order valence-electron chi connectivity index (χ3n) is 3.09. The highest BCUT2D eigenvalue weighted by Gasteiger charge is 2.16. The number of carbonyl (C=O) groups is 1. The molecule has 0 aromatic heterocycles. The molecule has 1 N–H and O–H groups in total. The zero-order chi connectivity index (χ0) is 14.4. The van der Waals surface area contributed by atoms with Crippen LogP contribution in [0.25, 0.3) is 0 Å². The summed E-state index contributed by atoms with van der Waals surface area (Å²) in [4.78, 5) is 23.9. The van der Waals surface area contributed by atoms with Gasteiger partial charge in [0.2, 0.25) is 5.91 Å². The fourth-order valence-electron chi connectivity index (χ4n) is 2.01. The number of nitro groups is 1. The van der Waals surface area contributed by atoms with Crippen LogP contribution in [0.5, 0.6) is 0 Å². The Balaban J connectivity index is 1.79. The van der Waals surface area contributed by atoms with Crippen molar-refractivity contribution in [3.63, 3.8) is 0 Å². The molecule has 1 heterocycles. The summed E-state index contributed by atoms with van der Waals surface area (Å²) in [6.45, 7) is 2.90. The third kappa shape index (κ3) is 3.92. The summed E-state index contributed by atoms with van der Waals surface area (Å²) in [5.41, 5.74) is 0.684. The Labute approximate surface area is 116 Å². The Morgan fingerprint density at radius 2 is 2.15 bits per heavy atom. The molecule has 1 amide bonds. The smallest absolute Gasteiger partial charge is 0.271 e. The molecule has 2 rings (SSSR count). The molecule has 1 saturated heterocycles. The van der Waals surface area contributed by atoms with E-state index >= 15 is 0 Å². The molecule has 1 aromatic rings. The Hall–Kier alpha value is -2.15. The number of anilines is 1. The molecule has 0 unspecified atom stereocenters. The fourth-order valence-corrected chi connectivity index (χ4v) is 2.01. The number of nitrogens with one attached hydrogen (secondary N) is 1. The molecule has 7 nitrogen and oxygen atoms in total. The van der Waals surface area contributed by atoms with Gasteiger partial charge in [0, 0.05) is 43.9 Å². The van der Waals surface area contributed by atoms with Crippen molar-refractivity contribution in [3.05, 3.63) is 34.4 Å². The maximum Gasteiger partial charge on any atom is 0.271 e. The van der Waals surface area contributed by atoms with Crippen molar-refractivity contribution in [1.82, 2.24) is 4.90 Å². The summed E-state index contributed by atoms with van der Waals surface area (Å²) in [5, 5.41) is 13.7. The lowest BCUT2D eigenvalue weighted by Gasteiger charge is -2.26. The van der Waals surface area contributed by atoms with Crippen molar-refractivity contribution in [3.8, 4) is 0 Å². The van der Waals surface area contributed by atoms with E-state index in [1.54, 1.807) is 17.0 Å². The van der Waals surface area contributed by atoms with Crippen molar-refractivity contribution in [2.45, 2.75) is 6.42 Å². The first-order valence-electron chi connectivity index (χ1n) is 6.50. The molecular weight excluding hydrogens is 262 g/mol. The highest BCUT2D eigenvalue weighted by Crippen LogP contribution is 2.16. The summed E-state index contributed by atoms with van der Waals surface area (Å²) >= 11 is 0. The largest absolute Gasteiger partial charge is 0.384 e. The summed E-state index contributed by atoms with van der Waals surface area (Å²) in [6, 6.07) is 6.25. The van der Waals surface area contributed by atoms with Gasteiger partial charge in [-0.05, 0) is 6.07 Å². The molecule has 20 heavy (non-hydrogen) atoms. The number of amides is 1. The van der Waals surface area contributed by atoms with Gasteiger partial charge in [-0.2, -0.15) is 0 Å². The molecule has 108 valence electrons. The normalized spacial score (nSPS) is 14.9. The van der Waals surface area contributed by atoms with Gasteiger partial charge < -0.3 is 15.0 Å². The SMILES string of the molecule is O=C(CCNc1cccc([N+](=O)[O-])c1)N1CCOCC1. The number of benzene rings is 1. The van der Waals surface area contributed by atoms with Crippen LogP contribution in [0.1, 0.15) is 6.42 Å². The number of nitro benzene ring substituents is 1. The van der Waals surface area contributed by atoms with Gasteiger partial charge in [-0.1, -0.05) is 6.07 Å². The van der Waals surface area contributed by atoms with E-state index in [-0.39, 0.29) is 11.6 Å². The van der Waals surface area contributed by atoms with Crippen molar-refractivity contribution in [1.29, 1.82) is 0 Å². The molecular formula is C13H17N3O4. The third-order valence-corrected chi connectivity index (χ3v) is 3.09. The van der Waals surface area contributed by atoms with Gasteiger partial charge in [0.15, 0.2) is 0 Å². The number of ether oxygens (including phenoxy) is 1. The minimum absolute atomic E-state index is 0.0366. The number of hydrogen-bond acceptors (Lipinski definition) is 5. The van der Waals surface area contributed by atoms with E-state index in [1.165, 1.54) is 12.1 Å². The summed E-state index contributed by atoms with van der Waals surface area (Å²) in [5.74, 6) is 0.0752. The second-order valence-corrected chi connectivity index (χ2v) is 4.48. The molecule has 1 aliphatic heterocycles. The van der Waals surface area contributed by atoms with Crippen molar-refractivity contribution in [2.24, 2.45) is 0 Å². The molecule has 7 heteroatoms. The van der Waals surface area contributed by atoms with Gasteiger partial charge in [0.05, 0.1) is 18.1 Å². The number of hydrogen-bond donors (Lipinski definition) is 1. The molecule has 1 aliphatic rings. The van der Waals surface area contributed by atoms with E-state index in [1.807, 2.05) is 0 Å². The van der Waals surface area contributed by atoms with Crippen LogP contribution in [0, 0.1) is 10.1 Å². The summed E-state index contributed by atoms with van der Waals surface area (Å²) in [6.07, 6.45) is 0.364. The zero-order valence-corrected chi connectivity index (χ0v) is 11.1. The monoisotopic (exact) mass is 279 g/mol. The average molecular weight is 279 g/mol. The fraction of sp³-hybridized carbons (Fsp3) is 0.462. The summed E-state index contributed by atoms with van der Waals surface area (Å²) < 4.78 is 5.19. The van der Waals surface area contributed by atoms with Crippen molar-refractivity contribution in [2.75, 3.05) is 38.2 Å². The van der Waals surface area contributed by atoms with E-state index in [0.29, 0.717) is 45.0 Å². The van der Waals surface area contributed by atoms with Crippen molar-refractivity contribution >= 4 is 17.3 Å². The molecule has 0 radical (unpaired) electrons. The van der Waals surface area contributed by atoms with Crippen LogP contribution < -0.4 is 5.32 Å². The lowest BCUT2D eigenvalue weighted by Crippen LogP contribution is -2.41. The topological polar surface area (TPSA) is 84.7 Å². The van der Waals surface area contributed by atoms with Gasteiger partial charge in [-0.25, -0.2) is 0 Å². The van der Waals surface area contributed by atoms with Gasteiger partial charge in [0.25, 0.3) is 5.69 Å². The Bertz CT molecular complexity index is 486. The first-order valence-corrected chi connectivity index (χ1v) is 6.50. The zero-order valence-electron chi connectivity index (χ0n) is 11.1. The number of non-ortho nitro benzene ring substituents is 1. The summed E-state index contributed by atoms with van der Waals surface area (Å²) in [7, 11) is 0. The van der Waals surface area contributed by atoms with E-state index in [4.69, 9.17) is 4.74 Å². The quantitative estimate of drug-likeness (QED) is 0.648. The van der Waals surface area contributed by atoms with Crippen LogP contribution in [-0.4, -0.2) is 48.6 Å². The van der Waals surface area contributed by atoms with Crippen LogP contribution in [0.15, 0.2) is 24.3 Å². The second-order valence-electron chi connectivity index (χ2n) is 4.48. The average Bonchev–Trinajstić information content (AvgIpc) is 2.48. The second kappa shape index (κ2) is 6.85. The van der Waals surface area contributed by atoms with Gasteiger partial charge in [-0.15, -0.1) is 0 Å². The lowest BCUT2D eigenvalue weighted by atomic mass is 10.2. The standard InChI is InChI=1S/C13H17N3O4/c17-13(15-6-8-20-9-7-15)4-5-14-11-2-1-3-12(10-11)16(18)19/h1-3,10,14H,4-9H2. The number of rotatable bonds is 5. The molecule has 0 spiro atoms. The molecule has 1 fully saturated rings. The Kier molecular flexibility index (Phi) is 4.89. The van der Waals surface area contributed by atoms with Crippen LogP contribution in [0.3, 0.4) is 0 Å². The van der Waals surface area contributed by atoms with E-state index in [9.17, 15) is 14.9 Å². The maximum absolute atomic E-state index is 11.9. The lowest BCUT2D eigenvalue weighted by molar-refractivity contribution is -0.384. The first-order chi connectivity index (χ1) is 9.66. The highest BCUT2D eigenvalue weighted by molar-refractivity contribution is 5.76. The number of nitrogens with zero attached hydrogens (tertiary/aromatic N) is 2. The van der Waals surface area contributed by atoms with Gasteiger partial charge in [0.1, 0.15) is 0 Å². The molecule has 0 atom stereocenters. The number of carbonyl (C=O) groups excluding carboxylic acids is 1. The van der Waals surface area contributed by atoms with E-state index in [2.05, 4.69) is 5.32 Å². The Morgan fingerprint density at radius 3 is 2.85 bits per heavy atom. The Morgan fingerprint density at radius 1 is 1.40 bits per heavy atom. The highest BCUT2D eigenvalue weighted by atomic mass is 16.6.